The summed E-state index contributed by atoms with van der Waals surface area (Å²) in [5.74, 6) is -0.421. The third-order valence-corrected chi connectivity index (χ3v) is 4.50. The first-order valence-corrected chi connectivity index (χ1v) is 8.19. The van der Waals surface area contributed by atoms with Gasteiger partial charge in [-0.3, -0.25) is 9.19 Å². The van der Waals surface area contributed by atoms with Crippen molar-refractivity contribution in [3.8, 4) is 5.75 Å². The highest BCUT2D eigenvalue weighted by Crippen LogP contribution is 2.27. The molecule has 0 amide bonds. The molecular formula is C15H12F3N3O2S. The van der Waals surface area contributed by atoms with Gasteiger partial charge in [0.2, 0.25) is 0 Å². The number of nitrogens with zero attached hydrogens (tertiary/aromatic N) is 2. The third kappa shape index (κ3) is 3.56. The number of aromatic amines is 1. The van der Waals surface area contributed by atoms with Gasteiger partial charge >= 0.3 is 6.36 Å². The molecule has 0 saturated carbocycles. The second kappa shape index (κ2) is 6.23. The van der Waals surface area contributed by atoms with Crippen LogP contribution in [0, 0.1) is 6.92 Å². The van der Waals surface area contributed by atoms with Gasteiger partial charge in [-0.25, -0.2) is 4.98 Å². The highest BCUT2D eigenvalue weighted by atomic mass is 32.2. The Balaban J connectivity index is 1.85. The predicted octanol–water partition coefficient (Wildman–Crippen LogP) is 3.47. The maximum atomic E-state index is 12.4. The van der Waals surface area contributed by atoms with E-state index in [-0.39, 0.29) is 27.9 Å². The number of para-hydroxylation sites is 2. The predicted molar refractivity (Wildman–Crippen MR) is 81.9 cm³/mol. The Morgan fingerprint density at radius 1 is 1.25 bits per heavy atom. The molecule has 0 aliphatic heterocycles. The lowest BCUT2D eigenvalue weighted by atomic mass is 10.2. The van der Waals surface area contributed by atoms with E-state index in [4.69, 9.17) is 0 Å². The van der Waals surface area contributed by atoms with Gasteiger partial charge in [-0.1, -0.05) is 12.1 Å². The largest absolute Gasteiger partial charge is 0.573 e. The number of benzene rings is 1. The van der Waals surface area contributed by atoms with E-state index >= 15 is 0 Å². The van der Waals surface area contributed by atoms with Gasteiger partial charge in [0, 0.05) is 11.8 Å². The average Bonchev–Trinajstić information content (AvgIpc) is 2.94. The fraction of sp³-hybridized carbons (Fsp3) is 0.200. The van der Waals surface area contributed by atoms with Gasteiger partial charge in [-0.05, 0) is 25.1 Å². The van der Waals surface area contributed by atoms with Crippen LogP contribution < -0.4 is 4.74 Å². The van der Waals surface area contributed by atoms with Crippen LogP contribution in [0.15, 0.2) is 41.7 Å². The molecule has 3 aromatic rings. The van der Waals surface area contributed by atoms with Gasteiger partial charge in [0.1, 0.15) is 5.75 Å². The first-order chi connectivity index (χ1) is 11.3. The van der Waals surface area contributed by atoms with Crippen LogP contribution in [0.1, 0.15) is 11.3 Å². The minimum absolute atomic E-state index is 0.0687. The molecule has 0 spiro atoms. The van der Waals surface area contributed by atoms with Crippen LogP contribution in [0.5, 0.6) is 5.75 Å². The number of rotatable bonds is 4. The molecule has 1 aromatic carbocycles. The number of halogens is 3. The van der Waals surface area contributed by atoms with E-state index in [0.29, 0.717) is 5.52 Å². The van der Waals surface area contributed by atoms with Crippen molar-refractivity contribution in [3.63, 3.8) is 0 Å². The number of hydrogen-bond donors (Lipinski definition) is 1. The molecule has 0 radical (unpaired) electrons. The summed E-state index contributed by atoms with van der Waals surface area (Å²) in [6.45, 7) is 1.44. The number of nitrogens with one attached hydrogen (secondary N) is 1. The van der Waals surface area contributed by atoms with Crippen LogP contribution in [0.25, 0.3) is 11.0 Å². The molecule has 1 atom stereocenters. The van der Waals surface area contributed by atoms with Gasteiger partial charge in [-0.2, -0.15) is 0 Å². The first-order valence-electron chi connectivity index (χ1n) is 6.87. The molecule has 0 aliphatic rings. The SMILES string of the molecule is Cc1c(OC(F)(F)F)ccnc1CS(=O)c1nc2ccccc2[nH]1. The Morgan fingerprint density at radius 3 is 2.71 bits per heavy atom. The Hall–Kier alpha value is -2.42. The van der Waals surface area contributed by atoms with Gasteiger partial charge in [0.15, 0.2) is 5.16 Å². The Kier molecular flexibility index (Phi) is 4.27. The Labute approximate surface area is 137 Å². The fourth-order valence-electron chi connectivity index (χ4n) is 2.17. The molecule has 0 bridgehead atoms. The zero-order valence-electron chi connectivity index (χ0n) is 12.4. The summed E-state index contributed by atoms with van der Waals surface area (Å²) >= 11 is 0. The number of pyridine rings is 1. The summed E-state index contributed by atoms with van der Waals surface area (Å²) in [5.41, 5.74) is 1.86. The molecule has 0 fully saturated rings. The third-order valence-electron chi connectivity index (χ3n) is 3.34. The molecule has 2 heterocycles. The zero-order chi connectivity index (χ0) is 17.3. The number of alkyl halides is 3. The Morgan fingerprint density at radius 2 is 2.00 bits per heavy atom. The van der Waals surface area contributed by atoms with Crippen LogP contribution in [-0.4, -0.2) is 25.5 Å². The van der Waals surface area contributed by atoms with Crippen LogP contribution >= 0.6 is 0 Å². The second-order valence-electron chi connectivity index (χ2n) is 4.98. The number of hydrogen-bond acceptors (Lipinski definition) is 4. The molecule has 9 heteroatoms. The van der Waals surface area contributed by atoms with Crippen molar-refractivity contribution in [1.82, 2.24) is 15.0 Å². The summed E-state index contributed by atoms with van der Waals surface area (Å²) < 4.78 is 53.5. The van der Waals surface area contributed by atoms with Crippen molar-refractivity contribution in [2.24, 2.45) is 0 Å². The second-order valence-corrected chi connectivity index (χ2v) is 6.34. The normalized spacial score (nSPS) is 13.2. The van der Waals surface area contributed by atoms with Gasteiger partial charge in [0.05, 0.1) is 33.3 Å². The maximum absolute atomic E-state index is 12.4. The van der Waals surface area contributed by atoms with Gasteiger partial charge in [-0.15, -0.1) is 13.2 Å². The van der Waals surface area contributed by atoms with E-state index in [0.717, 1.165) is 11.6 Å². The highest BCUT2D eigenvalue weighted by molar-refractivity contribution is 7.84. The van der Waals surface area contributed by atoms with Crippen molar-refractivity contribution in [2.75, 3.05) is 0 Å². The molecular weight excluding hydrogens is 343 g/mol. The lowest BCUT2D eigenvalue weighted by Gasteiger charge is -2.13. The van der Waals surface area contributed by atoms with Crippen LogP contribution in [-0.2, 0) is 16.6 Å². The standard InChI is InChI=1S/C15H12F3N3O2S/c1-9-12(19-7-6-13(9)23-15(16,17)18)8-24(22)14-20-10-4-2-3-5-11(10)21-14/h2-7H,8H2,1H3,(H,20,21). The van der Waals surface area contributed by atoms with Crippen molar-refractivity contribution < 1.29 is 22.1 Å². The fourth-order valence-corrected chi connectivity index (χ4v) is 3.27. The molecule has 1 N–H and O–H groups in total. The first kappa shape index (κ1) is 16.4. The van der Waals surface area contributed by atoms with Crippen LogP contribution in [0.4, 0.5) is 13.2 Å². The van der Waals surface area contributed by atoms with Crippen LogP contribution in [0.2, 0.25) is 0 Å². The number of ether oxygens (including phenoxy) is 1. The number of H-pyrrole nitrogens is 1. The summed E-state index contributed by atoms with van der Waals surface area (Å²) in [6, 6.07) is 8.31. The van der Waals surface area contributed by atoms with E-state index < -0.39 is 17.2 Å². The van der Waals surface area contributed by atoms with Gasteiger partial charge < -0.3 is 9.72 Å². The number of fused-ring (bicyclic) bond motifs is 1. The molecule has 126 valence electrons. The zero-order valence-corrected chi connectivity index (χ0v) is 13.2. The molecule has 0 aliphatic carbocycles. The average molecular weight is 355 g/mol. The van der Waals surface area contributed by atoms with Crippen molar-refractivity contribution in [3.05, 3.63) is 47.8 Å². The summed E-state index contributed by atoms with van der Waals surface area (Å²) in [7, 11) is -1.57. The van der Waals surface area contributed by atoms with Crippen molar-refractivity contribution in [1.29, 1.82) is 0 Å². The van der Waals surface area contributed by atoms with Gasteiger partial charge in [0.25, 0.3) is 0 Å². The van der Waals surface area contributed by atoms with Crippen LogP contribution in [0.3, 0.4) is 0 Å². The smallest absolute Gasteiger partial charge is 0.405 e. The molecule has 5 nitrogen and oxygen atoms in total. The van der Waals surface area contributed by atoms with E-state index in [1.54, 1.807) is 18.2 Å². The van der Waals surface area contributed by atoms with Crippen molar-refractivity contribution in [2.45, 2.75) is 24.2 Å². The maximum Gasteiger partial charge on any atom is 0.573 e. The topological polar surface area (TPSA) is 67.9 Å². The monoisotopic (exact) mass is 355 g/mol. The molecule has 1 unspecified atom stereocenters. The van der Waals surface area contributed by atoms with Crippen molar-refractivity contribution >= 4 is 21.8 Å². The molecule has 2 aromatic heterocycles. The summed E-state index contributed by atoms with van der Waals surface area (Å²) in [4.78, 5) is 11.2. The Bertz CT molecular complexity index is 875. The summed E-state index contributed by atoms with van der Waals surface area (Å²) in [6.07, 6.45) is -3.60. The van der Waals surface area contributed by atoms with E-state index in [1.165, 1.54) is 13.1 Å². The van der Waals surface area contributed by atoms with E-state index in [9.17, 15) is 17.4 Å². The number of imidazole rings is 1. The summed E-state index contributed by atoms with van der Waals surface area (Å²) in [5, 5.41) is 0.250. The van der Waals surface area contributed by atoms with E-state index in [2.05, 4.69) is 19.7 Å². The lowest BCUT2D eigenvalue weighted by molar-refractivity contribution is -0.274. The quantitative estimate of drug-likeness (QED) is 0.778. The molecule has 3 rings (SSSR count). The molecule has 24 heavy (non-hydrogen) atoms. The minimum atomic E-state index is -4.79. The van der Waals surface area contributed by atoms with E-state index in [1.807, 2.05) is 6.07 Å². The highest BCUT2D eigenvalue weighted by Gasteiger charge is 2.32. The minimum Gasteiger partial charge on any atom is -0.405 e. The molecule has 0 saturated heterocycles. The lowest BCUT2D eigenvalue weighted by Crippen LogP contribution is -2.18. The number of aromatic nitrogens is 3.